The van der Waals surface area contributed by atoms with E-state index >= 15 is 0 Å². The van der Waals surface area contributed by atoms with E-state index in [0.717, 1.165) is 4.91 Å². The van der Waals surface area contributed by atoms with Gasteiger partial charge in [0.25, 0.3) is 0 Å². The lowest BCUT2D eigenvalue weighted by Crippen LogP contribution is -1.95. The Labute approximate surface area is 179 Å². The average Bonchev–Trinajstić information content (AvgIpc) is 3.45. The predicted molar refractivity (Wildman–Crippen MR) is 121 cm³/mol. The molecule has 0 amide bonds. The second kappa shape index (κ2) is 8.38. The Hall–Kier alpha value is -2.29. The van der Waals surface area contributed by atoms with E-state index in [1.54, 1.807) is 77.4 Å². The van der Waals surface area contributed by atoms with Crippen molar-refractivity contribution in [2.45, 2.75) is 0 Å². The van der Waals surface area contributed by atoms with Crippen molar-refractivity contribution < 1.29 is 4.79 Å². The molecule has 0 radical (unpaired) electrons. The van der Waals surface area contributed by atoms with Crippen molar-refractivity contribution in [3.05, 3.63) is 94.4 Å². The summed E-state index contributed by atoms with van der Waals surface area (Å²) in [6.45, 7) is 0. The molecule has 0 N–H and O–H groups in total. The highest BCUT2D eigenvalue weighted by molar-refractivity contribution is 8.33. The molecule has 1 aliphatic carbocycles. The van der Waals surface area contributed by atoms with Crippen LogP contribution in [0.3, 0.4) is 0 Å². The van der Waals surface area contributed by atoms with Crippen LogP contribution in [0.5, 0.6) is 0 Å². The van der Waals surface area contributed by atoms with Crippen molar-refractivity contribution in [1.29, 1.82) is 10.5 Å². The van der Waals surface area contributed by atoms with E-state index in [9.17, 15) is 15.3 Å². The summed E-state index contributed by atoms with van der Waals surface area (Å²) in [6.07, 6.45) is 5.46. The first-order chi connectivity index (χ1) is 13.7. The summed E-state index contributed by atoms with van der Waals surface area (Å²) < 4.78 is 2.54. The van der Waals surface area contributed by atoms with Crippen molar-refractivity contribution in [3.8, 4) is 12.1 Å². The van der Waals surface area contributed by atoms with Crippen molar-refractivity contribution in [1.82, 2.24) is 0 Å². The number of carbonyl (C=O) groups is 1. The molecule has 0 fully saturated rings. The number of ketones is 1. The summed E-state index contributed by atoms with van der Waals surface area (Å²) in [5.41, 5.74) is 1.93. The van der Waals surface area contributed by atoms with Gasteiger partial charge in [-0.3, -0.25) is 4.79 Å². The van der Waals surface area contributed by atoms with Crippen LogP contribution in [-0.2, 0) is 0 Å². The summed E-state index contributed by atoms with van der Waals surface area (Å²) in [4.78, 5) is 13.9. The minimum Gasteiger partial charge on any atom is -0.289 e. The molecule has 0 bridgehead atoms. The summed E-state index contributed by atoms with van der Waals surface area (Å²) in [7, 11) is 0. The molecule has 134 valence electrons. The first-order valence-corrected chi connectivity index (χ1v) is 11.5. The van der Waals surface area contributed by atoms with E-state index in [4.69, 9.17) is 0 Å². The highest BCUT2D eigenvalue weighted by Gasteiger charge is 2.31. The Balaban J connectivity index is 1.63. The Bertz CT molecular complexity index is 1130. The minimum atomic E-state index is -0.159. The van der Waals surface area contributed by atoms with Crippen LogP contribution in [-0.4, -0.2) is 5.78 Å². The zero-order chi connectivity index (χ0) is 19.5. The van der Waals surface area contributed by atoms with Crippen molar-refractivity contribution in [2.24, 2.45) is 0 Å². The highest BCUT2D eigenvalue weighted by atomic mass is 32.2. The number of hydrogen-bond acceptors (Lipinski definition) is 7. The molecule has 0 atom stereocenters. The van der Waals surface area contributed by atoms with Gasteiger partial charge in [-0.1, -0.05) is 83.5 Å². The normalized spacial score (nSPS) is 19.4. The summed E-state index contributed by atoms with van der Waals surface area (Å²) in [5.74, 6) is -0.159. The number of benzene rings is 1. The largest absolute Gasteiger partial charge is 0.289 e. The molecular formula is C21H10N2OS4. The van der Waals surface area contributed by atoms with Gasteiger partial charge in [-0.2, -0.15) is 10.5 Å². The zero-order valence-corrected chi connectivity index (χ0v) is 17.5. The number of hydrogen-bond donors (Lipinski definition) is 0. The van der Waals surface area contributed by atoms with Crippen molar-refractivity contribution in [3.63, 3.8) is 0 Å². The van der Waals surface area contributed by atoms with Crippen LogP contribution < -0.4 is 0 Å². The molecular weight excluding hydrogens is 425 g/mol. The van der Waals surface area contributed by atoms with Gasteiger partial charge < -0.3 is 0 Å². The molecule has 0 spiro atoms. The highest BCUT2D eigenvalue weighted by Crippen LogP contribution is 2.53. The minimum absolute atomic E-state index is 0.0437. The quantitative estimate of drug-likeness (QED) is 0.385. The first kappa shape index (κ1) is 19.0. The third-order valence-electron chi connectivity index (χ3n) is 4.02. The van der Waals surface area contributed by atoms with E-state index < -0.39 is 0 Å². The van der Waals surface area contributed by atoms with E-state index in [-0.39, 0.29) is 11.4 Å². The smallest absolute Gasteiger partial charge is 0.194 e. The Morgan fingerprint density at radius 1 is 0.964 bits per heavy atom. The summed E-state index contributed by atoms with van der Waals surface area (Å²) in [5, 5.41) is 24.9. The van der Waals surface area contributed by atoms with Crippen molar-refractivity contribution >= 4 is 58.4 Å². The number of nitrogens with zero attached hydrogens (tertiary/aromatic N) is 2. The van der Waals surface area contributed by atoms with Crippen LogP contribution in [0.1, 0.15) is 15.9 Å². The first-order valence-electron chi connectivity index (χ1n) is 8.07. The number of allylic oxidation sites excluding steroid dienone is 6. The fourth-order valence-corrected chi connectivity index (χ4v) is 7.20. The number of nitriles is 2. The Morgan fingerprint density at radius 2 is 1.68 bits per heavy atom. The van der Waals surface area contributed by atoms with E-state index in [1.807, 2.05) is 24.3 Å². The van der Waals surface area contributed by atoms with Gasteiger partial charge in [0.1, 0.15) is 17.7 Å². The molecule has 0 saturated carbocycles. The molecule has 3 aliphatic rings. The number of carbonyl (C=O) groups excluding carboxylic acids is 1. The summed E-state index contributed by atoms with van der Waals surface area (Å²) in [6, 6.07) is 10.9. The lowest BCUT2D eigenvalue weighted by Gasteiger charge is -2.00. The maximum absolute atomic E-state index is 12.8. The van der Waals surface area contributed by atoms with E-state index in [1.165, 1.54) is 8.47 Å². The fourth-order valence-electron chi connectivity index (χ4n) is 2.84. The molecule has 0 unspecified atom stereocenters. The van der Waals surface area contributed by atoms with E-state index in [0.29, 0.717) is 22.3 Å². The van der Waals surface area contributed by atoms with Crippen LogP contribution in [0.2, 0.25) is 0 Å². The van der Waals surface area contributed by atoms with Gasteiger partial charge in [-0.05, 0) is 27.9 Å². The second-order valence-corrected chi connectivity index (χ2v) is 9.92. The zero-order valence-electron chi connectivity index (χ0n) is 14.2. The number of thioether (sulfide) groups is 4. The topological polar surface area (TPSA) is 64.7 Å². The molecule has 0 saturated heterocycles. The molecule has 2 aliphatic heterocycles. The van der Waals surface area contributed by atoms with Crippen molar-refractivity contribution in [2.75, 3.05) is 0 Å². The maximum atomic E-state index is 12.8. The van der Waals surface area contributed by atoms with Gasteiger partial charge in [0.2, 0.25) is 0 Å². The van der Waals surface area contributed by atoms with Gasteiger partial charge in [0, 0.05) is 21.6 Å². The predicted octanol–water partition coefficient (Wildman–Crippen LogP) is 6.57. The number of fused-ring (bicyclic) bond motifs is 1. The van der Waals surface area contributed by atoms with Gasteiger partial charge in [0.05, 0.1) is 8.47 Å². The molecule has 2 heterocycles. The van der Waals surface area contributed by atoms with Crippen LogP contribution in [0.25, 0.3) is 5.57 Å². The number of rotatable bonds is 2. The molecule has 7 heteroatoms. The maximum Gasteiger partial charge on any atom is 0.194 e. The third kappa shape index (κ3) is 3.55. The standard InChI is InChI=1S/C21H10N2OS4/c22-10-13(11-23)18-15-5-1-2-6-16(15)19(24)17(18)7-3-4-14-12-27-21(28-14)20-25-8-9-26-20/h1-9,12H/b4-3+,17-7-. The van der Waals surface area contributed by atoms with E-state index in [2.05, 4.69) is 16.2 Å². The third-order valence-corrected chi connectivity index (χ3v) is 9.02. The Kier molecular flexibility index (Phi) is 5.70. The SMILES string of the molecule is N#CC(C#N)=C1/C(=C/C=C/C2=CSC(=C3SC=CS3)S2)C(=O)c2ccccc21. The van der Waals surface area contributed by atoms with Gasteiger partial charge >= 0.3 is 0 Å². The summed E-state index contributed by atoms with van der Waals surface area (Å²) >= 11 is 6.85. The lowest BCUT2D eigenvalue weighted by molar-refractivity contribution is 0.104. The van der Waals surface area contributed by atoms with Crippen LogP contribution in [0.4, 0.5) is 0 Å². The Morgan fingerprint density at radius 3 is 2.39 bits per heavy atom. The monoisotopic (exact) mass is 434 g/mol. The van der Waals surface area contributed by atoms with Crippen LogP contribution >= 0.6 is 47.0 Å². The van der Waals surface area contributed by atoms with Crippen LogP contribution in [0.15, 0.2) is 83.2 Å². The fraction of sp³-hybridized carbons (Fsp3) is 0. The van der Waals surface area contributed by atoms with Gasteiger partial charge in [0.15, 0.2) is 5.78 Å². The average molecular weight is 435 g/mol. The van der Waals surface area contributed by atoms with Gasteiger partial charge in [-0.15, -0.1) is 0 Å². The van der Waals surface area contributed by atoms with Gasteiger partial charge in [-0.25, -0.2) is 0 Å². The number of Topliss-reactive ketones (excluding diaryl/α,β-unsaturated/α-hetero) is 1. The molecule has 1 aromatic rings. The molecule has 3 nitrogen and oxygen atoms in total. The van der Waals surface area contributed by atoms with Crippen LogP contribution in [0, 0.1) is 22.7 Å². The molecule has 0 aromatic heterocycles. The second-order valence-electron chi connectivity index (χ2n) is 5.61. The molecule has 1 aromatic carbocycles. The lowest BCUT2D eigenvalue weighted by atomic mass is 9.99. The molecule has 4 rings (SSSR count). The molecule has 28 heavy (non-hydrogen) atoms.